The lowest BCUT2D eigenvalue weighted by Gasteiger charge is -2.35. The molecule has 39 heavy (non-hydrogen) atoms. The number of benzene rings is 2. The van der Waals surface area contributed by atoms with Crippen molar-refractivity contribution in [3.63, 3.8) is 0 Å². The van der Waals surface area contributed by atoms with Gasteiger partial charge in [-0.05, 0) is 80.8 Å². The lowest BCUT2D eigenvalue weighted by molar-refractivity contribution is -0.132. The van der Waals surface area contributed by atoms with Gasteiger partial charge in [0.2, 0.25) is 0 Å². The Morgan fingerprint density at radius 1 is 0.974 bits per heavy atom. The average Bonchev–Trinajstić information content (AvgIpc) is 3.19. The summed E-state index contributed by atoms with van der Waals surface area (Å²) in [5.74, 6) is -0.501. The molecular formula is C30H29Cl2N3O4. The fourth-order valence-corrected chi connectivity index (χ4v) is 5.78. The van der Waals surface area contributed by atoms with Crippen LogP contribution in [0.1, 0.15) is 54.6 Å². The second-order valence-corrected chi connectivity index (χ2v) is 10.8. The summed E-state index contributed by atoms with van der Waals surface area (Å²) in [6.45, 7) is 4.20. The molecule has 1 aliphatic heterocycles. The number of hydrogen-bond donors (Lipinski definition) is 1. The van der Waals surface area contributed by atoms with E-state index in [1.807, 2.05) is 54.8 Å². The molecule has 0 atom stereocenters. The van der Waals surface area contributed by atoms with Gasteiger partial charge in [0.25, 0.3) is 11.8 Å². The highest BCUT2D eigenvalue weighted by atomic mass is 35.5. The largest absolute Gasteiger partial charge is 0.489 e. The predicted octanol–water partition coefficient (Wildman–Crippen LogP) is 6.77. The Kier molecular flexibility index (Phi) is 7.82. The third-order valence-corrected chi connectivity index (χ3v) is 7.93. The van der Waals surface area contributed by atoms with E-state index in [9.17, 15) is 14.4 Å². The number of aryl methyl sites for hydroxylation is 1. The zero-order chi connectivity index (χ0) is 27.7. The molecule has 7 nitrogen and oxygen atoms in total. The normalized spacial score (nSPS) is 17.6. The monoisotopic (exact) mass is 565 g/mol. The van der Waals surface area contributed by atoms with Crippen LogP contribution in [-0.4, -0.2) is 33.4 Å². The van der Waals surface area contributed by atoms with Gasteiger partial charge < -0.3 is 9.30 Å². The van der Waals surface area contributed by atoms with Crippen molar-refractivity contribution in [1.82, 2.24) is 14.8 Å². The van der Waals surface area contributed by atoms with E-state index in [1.165, 1.54) is 4.90 Å². The zero-order valence-electron chi connectivity index (χ0n) is 21.8. The number of amides is 4. The number of rotatable bonds is 6. The third-order valence-electron chi connectivity index (χ3n) is 7.35. The fraction of sp³-hybridized carbons (Fsp3) is 0.300. The van der Waals surface area contributed by atoms with Crippen molar-refractivity contribution in [1.29, 1.82) is 0 Å². The molecule has 1 N–H and O–H groups in total. The number of carbonyl (C=O) groups excluding carboxylic acids is 3. The molecule has 1 saturated carbocycles. The Labute approximate surface area is 237 Å². The number of hydrogen-bond acceptors (Lipinski definition) is 4. The third kappa shape index (κ3) is 5.60. The van der Waals surface area contributed by atoms with Crippen LogP contribution in [0.5, 0.6) is 5.75 Å². The number of halogens is 2. The average molecular weight is 566 g/mol. The number of urea groups is 1. The number of aromatic nitrogens is 1. The summed E-state index contributed by atoms with van der Waals surface area (Å²) in [7, 11) is 0. The van der Waals surface area contributed by atoms with Gasteiger partial charge in [-0.3, -0.25) is 19.8 Å². The van der Waals surface area contributed by atoms with Gasteiger partial charge in [-0.25, -0.2) is 4.79 Å². The number of ether oxygens (including phenoxy) is 1. The maximum atomic E-state index is 13.3. The maximum Gasteiger partial charge on any atom is 0.331 e. The summed E-state index contributed by atoms with van der Waals surface area (Å²) in [6, 6.07) is 14.1. The SMILES string of the molecule is Cc1cc(C=C2C(=O)NC(=O)N(C3CCCCC3)C2=O)c(C)n1-c1ccc(OCc2ccc(Cl)cc2Cl)cc1. The molecule has 0 unspecified atom stereocenters. The van der Waals surface area contributed by atoms with Gasteiger partial charge in [-0.15, -0.1) is 0 Å². The summed E-state index contributed by atoms with van der Waals surface area (Å²) in [6.07, 6.45) is 6.15. The lowest BCUT2D eigenvalue weighted by Crippen LogP contribution is -2.58. The molecule has 4 amide bonds. The predicted molar refractivity (Wildman–Crippen MR) is 151 cm³/mol. The highest BCUT2D eigenvalue weighted by Crippen LogP contribution is 2.29. The quantitative estimate of drug-likeness (QED) is 0.264. The second kappa shape index (κ2) is 11.3. The molecule has 0 radical (unpaired) electrons. The summed E-state index contributed by atoms with van der Waals surface area (Å²) in [5, 5.41) is 3.48. The molecule has 202 valence electrons. The first kappa shape index (κ1) is 27.0. The second-order valence-electron chi connectivity index (χ2n) is 9.96. The summed E-state index contributed by atoms with van der Waals surface area (Å²) >= 11 is 12.2. The van der Waals surface area contributed by atoms with Gasteiger partial charge >= 0.3 is 6.03 Å². The Morgan fingerprint density at radius 2 is 1.69 bits per heavy atom. The van der Waals surface area contributed by atoms with Crippen molar-refractivity contribution in [3.05, 3.63) is 86.7 Å². The minimum atomic E-state index is -0.663. The van der Waals surface area contributed by atoms with Gasteiger partial charge in [0.05, 0.1) is 0 Å². The van der Waals surface area contributed by atoms with Crippen LogP contribution in [0.4, 0.5) is 4.79 Å². The maximum absolute atomic E-state index is 13.3. The smallest absolute Gasteiger partial charge is 0.331 e. The van der Waals surface area contributed by atoms with Crippen LogP contribution < -0.4 is 10.1 Å². The lowest BCUT2D eigenvalue weighted by atomic mass is 9.93. The van der Waals surface area contributed by atoms with Gasteiger partial charge in [0.15, 0.2) is 0 Å². The molecule has 0 spiro atoms. The van der Waals surface area contributed by atoms with Crippen LogP contribution >= 0.6 is 23.2 Å². The van der Waals surface area contributed by atoms with Gasteiger partial charge in [-0.2, -0.15) is 0 Å². The minimum Gasteiger partial charge on any atom is -0.489 e. The van der Waals surface area contributed by atoms with Crippen LogP contribution in [-0.2, 0) is 16.2 Å². The van der Waals surface area contributed by atoms with Crippen molar-refractivity contribution in [2.24, 2.45) is 0 Å². The molecule has 9 heteroatoms. The summed E-state index contributed by atoms with van der Waals surface area (Å²) in [4.78, 5) is 39.7. The van der Waals surface area contributed by atoms with Gasteiger partial charge in [0.1, 0.15) is 17.9 Å². The van der Waals surface area contributed by atoms with E-state index in [0.717, 1.165) is 60.3 Å². The first-order valence-electron chi connectivity index (χ1n) is 13.0. The van der Waals surface area contributed by atoms with E-state index < -0.39 is 17.8 Å². The molecule has 2 aliphatic rings. The molecule has 2 aromatic carbocycles. The van der Waals surface area contributed by atoms with E-state index in [0.29, 0.717) is 22.4 Å². The number of barbiturate groups is 1. The first-order valence-corrected chi connectivity index (χ1v) is 13.7. The van der Waals surface area contributed by atoms with Crippen molar-refractivity contribution in [2.45, 2.75) is 58.6 Å². The standard InChI is InChI=1S/C30H29Cl2N3O4/c1-18-14-21(15-26-28(36)33-30(38)35(29(26)37)23-6-4-3-5-7-23)19(2)34(18)24-10-12-25(13-11-24)39-17-20-8-9-22(31)16-27(20)32/h8-16,23H,3-7,17H2,1-2H3,(H,33,36,38). The highest BCUT2D eigenvalue weighted by molar-refractivity contribution is 6.35. The molecule has 1 aromatic heterocycles. The molecular weight excluding hydrogens is 537 g/mol. The van der Waals surface area contributed by atoms with E-state index >= 15 is 0 Å². The van der Waals surface area contributed by atoms with E-state index in [4.69, 9.17) is 27.9 Å². The summed E-state index contributed by atoms with van der Waals surface area (Å²) < 4.78 is 7.94. The molecule has 0 bridgehead atoms. The van der Waals surface area contributed by atoms with Crippen molar-refractivity contribution in [3.8, 4) is 11.4 Å². The van der Waals surface area contributed by atoms with Crippen LogP contribution in [0.3, 0.4) is 0 Å². The number of carbonyl (C=O) groups is 3. The highest BCUT2D eigenvalue weighted by Gasteiger charge is 2.40. The van der Waals surface area contributed by atoms with E-state index in [1.54, 1.807) is 18.2 Å². The molecule has 5 rings (SSSR count). The molecule has 2 fully saturated rings. The van der Waals surface area contributed by atoms with Crippen molar-refractivity contribution < 1.29 is 19.1 Å². The first-order chi connectivity index (χ1) is 18.7. The zero-order valence-corrected chi connectivity index (χ0v) is 23.3. The fourth-order valence-electron chi connectivity index (χ4n) is 5.32. The Bertz CT molecular complexity index is 1470. The van der Waals surface area contributed by atoms with E-state index in [2.05, 4.69) is 5.32 Å². The van der Waals surface area contributed by atoms with E-state index in [-0.39, 0.29) is 11.6 Å². The number of nitrogens with zero attached hydrogens (tertiary/aromatic N) is 2. The topological polar surface area (TPSA) is 80.6 Å². The molecule has 3 aromatic rings. The van der Waals surface area contributed by atoms with Crippen molar-refractivity contribution >= 4 is 47.1 Å². The van der Waals surface area contributed by atoms with Crippen LogP contribution in [0, 0.1) is 13.8 Å². The molecule has 1 saturated heterocycles. The Balaban J connectivity index is 1.36. The number of nitrogens with one attached hydrogen (secondary N) is 1. The Morgan fingerprint density at radius 3 is 2.38 bits per heavy atom. The molecule has 1 aliphatic carbocycles. The number of imide groups is 2. The molecule has 2 heterocycles. The summed E-state index contributed by atoms with van der Waals surface area (Å²) in [5.41, 5.74) is 4.26. The van der Waals surface area contributed by atoms with Gasteiger partial charge in [0, 0.05) is 38.7 Å². The van der Waals surface area contributed by atoms with Crippen molar-refractivity contribution in [2.75, 3.05) is 0 Å². The Hall–Kier alpha value is -3.55. The van der Waals surface area contributed by atoms with Gasteiger partial charge in [-0.1, -0.05) is 48.5 Å². The van der Waals surface area contributed by atoms with Crippen LogP contribution in [0.15, 0.2) is 54.1 Å². The van der Waals surface area contributed by atoms with Crippen LogP contribution in [0.2, 0.25) is 10.0 Å². The minimum absolute atomic E-state index is 0.0231. The van der Waals surface area contributed by atoms with Crippen LogP contribution in [0.25, 0.3) is 11.8 Å².